The van der Waals surface area contributed by atoms with Gasteiger partial charge in [0.05, 0.1) is 0 Å². The molecule has 3 saturated carbocycles. The van der Waals surface area contributed by atoms with Crippen LogP contribution in [0.4, 0.5) is 4.39 Å². The second kappa shape index (κ2) is 2.94. The fraction of sp³-hybridized carbons (Fsp3) is 1.00. The van der Waals surface area contributed by atoms with Crippen molar-refractivity contribution in [2.45, 2.75) is 56.8 Å². The van der Waals surface area contributed by atoms with Crippen molar-refractivity contribution in [1.82, 2.24) is 5.32 Å². The van der Waals surface area contributed by atoms with E-state index in [2.05, 4.69) is 5.32 Å². The van der Waals surface area contributed by atoms with E-state index in [4.69, 9.17) is 0 Å². The largest absolute Gasteiger partial charge is 0.308 e. The summed E-state index contributed by atoms with van der Waals surface area (Å²) in [5.41, 5.74) is 0. The SMILES string of the molecule is F[C@H]1[C@@H]2CC[C@@H](C2)C[C@H]1NC1CC1. The monoisotopic (exact) mass is 183 g/mol. The van der Waals surface area contributed by atoms with Crippen LogP contribution in [0.15, 0.2) is 0 Å². The molecule has 0 radical (unpaired) electrons. The molecule has 0 aliphatic heterocycles. The van der Waals surface area contributed by atoms with Crippen LogP contribution in [0.1, 0.15) is 38.5 Å². The van der Waals surface area contributed by atoms with E-state index in [9.17, 15) is 4.39 Å². The summed E-state index contributed by atoms with van der Waals surface area (Å²) in [4.78, 5) is 0. The van der Waals surface area contributed by atoms with Crippen LogP contribution in [0.25, 0.3) is 0 Å². The van der Waals surface area contributed by atoms with Crippen LogP contribution in [0.5, 0.6) is 0 Å². The Hall–Kier alpha value is -0.110. The predicted molar refractivity (Wildman–Crippen MR) is 50.3 cm³/mol. The van der Waals surface area contributed by atoms with Gasteiger partial charge in [-0.1, -0.05) is 6.42 Å². The maximum absolute atomic E-state index is 13.9. The lowest BCUT2D eigenvalue weighted by molar-refractivity contribution is 0.125. The summed E-state index contributed by atoms with van der Waals surface area (Å²) in [6.45, 7) is 0. The van der Waals surface area contributed by atoms with E-state index in [0.717, 1.165) is 18.8 Å². The first-order valence-electron chi connectivity index (χ1n) is 5.73. The highest BCUT2D eigenvalue weighted by molar-refractivity contribution is 4.98. The number of nitrogens with one attached hydrogen (secondary N) is 1. The molecule has 0 aromatic carbocycles. The zero-order valence-corrected chi connectivity index (χ0v) is 8.01. The Balaban J connectivity index is 1.66. The first kappa shape index (κ1) is 8.22. The summed E-state index contributed by atoms with van der Waals surface area (Å²) in [6.07, 6.45) is 6.72. The topological polar surface area (TPSA) is 12.0 Å². The van der Waals surface area contributed by atoms with Gasteiger partial charge in [-0.25, -0.2) is 4.39 Å². The molecule has 0 amide bonds. The normalized spacial score (nSPS) is 49.6. The summed E-state index contributed by atoms with van der Waals surface area (Å²) < 4.78 is 13.9. The smallest absolute Gasteiger partial charge is 0.118 e. The minimum absolute atomic E-state index is 0.207. The molecular weight excluding hydrogens is 165 g/mol. The molecule has 0 aromatic rings. The van der Waals surface area contributed by atoms with Gasteiger partial charge in [-0.05, 0) is 43.9 Å². The van der Waals surface area contributed by atoms with E-state index in [-0.39, 0.29) is 6.04 Å². The molecule has 1 nitrogen and oxygen atoms in total. The molecule has 3 fully saturated rings. The summed E-state index contributed by atoms with van der Waals surface area (Å²) >= 11 is 0. The molecule has 0 unspecified atom stereocenters. The third-order valence-electron chi connectivity index (χ3n) is 4.03. The third-order valence-corrected chi connectivity index (χ3v) is 4.03. The van der Waals surface area contributed by atoms with Gasteiger partial charge in [0, 0.05) is 12.1 Å². The molecule has 13 heavy (non-hydrogen) atoms. The molecule has 3 aliphatic carbocycles. The van der Waals surface area contributed by atoms with Crippen molar-refractivity contribution in [2.24, 2.45) is 11.8 Å². The highest BCUT2D eigenvalue weighted by atomic mass is 19.1. The van der Waals surface area contributed by atoms with Gasteiger partial charge in [-0.3, -0.25) is 0 Å². The van der Waals surface area contributed by atoms with Gasteiger partial charge in [0.2, 0.25) is 0 Å². The van der Waals surface area contributed by atoms with Gasteiger partial charge in [-0.15, -0.1) is 0 Å². The summed E-state index contributed by atoms with van der Waals surface area (Å²) in [7, 11) is 0. The van der Waals surface area contributed by atoms with E-state index in [1.165, 1.54) is 25.7 Å². The van der Waals surface area contributed by atoms with Gasteiger partial charge < -0.3 is 5.32 Å². The lowest BCUT2D eigenvalue weighted by atomic mass is 9.84. The van der Waals surface area contributed by atoms with Crippen LogP contribution in [0, 0.1) is 11.8 Å². The zero-order valence-electron chi connectivity index (χ0n) is 8.01. The van der Waals surface area contributed by atoms with Crippen molar-refractivity contribution in [3.05, 3.63) is 0 Å². The van der Waals surface area contributed by atoms with E-state index >= 15 is 0 Å². The standard InChI is InChI=1S/C11H18FN/c12-11-8-2-1-7(5-8)6-10(11)13-9-3-4-9/h7-11,13H,1-6H2/t7-,8+,10+,11-/m0/s1. The van der Waals surface area contributed by atoms with Crippen molar-refractivity contribution >= 4 is 0 Å². The quantitative estimate of drug-likeness (QED) is 0.692. The van der Waals surface area contributed by atoms with Crippen molar-refractivity contribution in [1.29, 1.82) is 0 Å². The predicted octanol–water partition coefficient (Wildman–Crippen LogP) is 2.27. The van der Waals surface area contributed by atoms with E-state index in [0.29, 0.717) is 12.0 Å². The van der Waals surface area contributed by atoms with Crippen LogP contribution >= 0.6 is 0 Å². The Labute approximate surface area is 79.1 Å². The molecule has 0 heterocycles. The maximum atomic E-state index is 13.9. The number of hydrogen-bond acceptors (Lipinski definition) is 1. The minimum Gasteiger partial charge on any atom is -0.308 e. The number of rotatable bonds is 2. The van der Waals surface area contributed by atoms with E-state index in [1.807, 2.05) is 0 Å². The van der Waals surface area contributed by atoms with Crippen molar-refractivity contribution in [3.63, 3.8) is 0 Å². The van der Waals surface area contributed by atoms with Crippen LogP contribution in [-0.2, 0) is 0 Å². The van der Waals surface area contributed by atoms with Crippen molar-refractivity contribution in [2.75, 3.05) is 0 Å². The van der Waals surface area contributed by atoms with Gasteiger partial charge in [0.25, 0.3) is 0 Å². The molecule has 0 aromatic heterocycles. The zero-order chi connectivity index (χ0) is 8.84. The fourth-order valence-corrected chi connectivity index (χ4v) is 3.15. The average Bonchev–Trinajstić information content (AvgIpc) is 2.82. The Morgan fingerprint density at radius 1 is 1.00 bits per heavy atom. The Morgan fingerprint density at radius 2 is 1.85 bits per heavy atom. The van der Waals surface area contributed by atoms with Gasteiger partial charge in [0.15, 0.2) is 0 Å². The van der Waals surface area contributed by atoms with Gasteiger partial charge in [-0.2, -0.15) is 0 Å². The lowest BCUT2D eigenvalue weighted by Gasteiger charge is -2.32. The average molecular weight is 183 g/mol. The van der Waals surface area contributed by atoms with Crippen LogP contribution in [-0.4, -0.2) is 18.3 Å². The molecule has 3 rings (SSSR count). The summed E-state index contributed by atoms with van der Waals surface area (Å²) in [6, 6.07) is 0.875. The summed E-state index contributed by atoms with van der Waals surface area (Å²) in [5, 5.41) is 3.47. The second-order valence-electron chi connectivity index (χ2n) is 5.17. The number of fused-ring (bicyclic) bond motifs is 2. The van der Waals surface area contributed by atoms with E-state index in [1.54, 1.807) is 0 Å². The number of halogens is 1. The number of hydrogen-bond donors (Lipinski definition) is 1. The molecule has 0 spiro atoms. The molecule has 0 saturated heterocycles. The minimum atomic E-state index is -0.542. The second-order valence-corrected chi connectivity index (χ2v) is 5.17. The molecule has 1 N–H and O–H groups in total. The van der Waals surface area contributed by atoms with E-state index < -0.39 is 6.17 Å². The molecular formula is C11H18FN. The lowest BCUT2D eigenvalue weighted by Crippen LogP contribution is -2.45. The Morgan fingerprint density at radius 3 is 2.62 bits per heavy atom. The Kier molecular flexibility index (Phi) is 1.86. The molecule has 74 valence electrons. The van der Waals surface area contributed by atoms with Crippen molar-refractivity contribution in [3.8, 4) is 0 Å². The van der Waals surface area contributed by atoms with Crippen LogP contribution in [0.3, 0.4) is 0 Å². The van der Waals surface area contributed by atoms with Gasteiger partial charge >= 0.3 is 0 Å². The maximum Gasteiger partial charge on any atom is 0.118 e. The van der Waals surface area contributed by atoms with Crippen molar-refractivity contribution < 1.29 is 4.39 Å². The van der Waals surface area contributed by atoms with Crippen LogP contribution < -0.4 is 5.32 Å². The summed E-state index contributed by atoms with van der Waals surface area (Å²) in [5.74, 6) is 1.24. The number of alkyl halides is 1. The first-order valence-corrected chi connectivity index (χ1v) is 5.73. The third kappa shape index (κ3) is 1.50. The highest BCUT2D eigenvalue weighted by Gasteiger charge is 2.43. The highest BCUT2D eigenvalue weighted by Crippen LogP contribution is 2.44. The van der Waals surface area contributed by atoms with Crippen LogP contribution in [0.2, 0.25) is 0 Å². The fourth-order valence-electron chi connectivity index (χ4n) is 3.15. The molecule has 2 heteroatoms. The molecule has 2 bridgehead atoms. The first-order chi connectivity index (χ1) is 6.33. The Bertz CT molecular complexity index is 202. The van der Waals surface area contributed by atoms with Gasteiger partial charge in [0.1, 0.15) is 6.17 Å². The molecule has 3 aliphatic rings. The molecule has 4 atom stereocenters.